The summed E-state index contributed by atoms with van der Waals surface area (Å²) in [5.41, 5.74) is 2.29. The number of pyridine rings is 1. The number of rotatable bonds is 7. The standard InChI is InChI=1S/C17H21N3O/c21-17(20-14-11-16-10-4-5-12-18-16)19-13-6-9-15-7-2-1-3-8-15/h1-5,7-8,10,12H,6,9,11,13-14H2,(H2,19,20,21). The Labute approximate surface area is 125 Å². The van der Waals surface area contributed by atoms with Crippen molar-refractivity contribution in [3.63, 3.8) is 0 Å². The first-order chi connectivity index (χ1) is 10.3. The van der Waals surface area contributed by atoms with Crippen LogP contribution in [0.15, 0.2) is 54.7 Å². The topological polar surface area (TPSA) is 54.0 Å². The van der Waals surface area contributed by atoms with Gasteiger partial charge in [-0.1, -0.05) is 36.4 Å². The minimum absolute atomic E-state index is 0.112. The molecule has 0 aliphatic carbocycles. The Balaban J connectivity index is 1.54. The lowest BCUT2D eigenvalue weighted by molar-refractivity contribution is 0.241. The van der Waals surface area contributed by atoms with Gasteiger partial charge >= 0.3 is 6.03 Å². The molecule has 0 aliphatic heterocycles. The fourth-order valence-corrected chi connectivity index (χ4v) is 2.05. The molecule has 4 heteroatoms. The van der Waals surface area contributed by atoms with Gasteiger partial charge in [-0.3, -0.25) is 4.98 Å². The van der Waals surface area contributed by atoms with Crippen molar-refractivity contribution in [3.05, 3.63) is 66.0 Å². The smallest absolute Gasteiger partial charge is 0.314 e. The number of aromatic nitrogens is 1. The first-order valence-electron chi connectivity index (χ1n) is 7.30. The number of carbonyl (C=O) groups is 1. The first-order valence-corrected chi connectivity index (χ1v) is 7.30. The molecule has 0 atom stereocenters. The van der Waals surface area contributed by atoms with Crippen molar-refractivity contribution in [1.29, 1.82) is 0 Å². The Morgan fingerprint density at radius 3 is 2.43 bits per heavy atom. The van der Waals surface area contributed by atoms with Gasteiger partial charge in [0.05, 0.1) is 0 Å². The van der Waals surface area contributed by atoms with E-state index in [0.29, 0.717) is 13.1 Å². The summed E-state index contributed by atoms with van der Waals surface area (Å²) in [7, 11) is 0. The molecule has 2 aromatic rings. The highest BCUT2D eigenvalue weighted by atomic mass is 16.2. The second-order valence-corrected chi connectivity index (χ2v) is 4.84. The van der Waals surface area contributed by atoms with E-state index in [1.54, 1.807) is 6.20 Å². The molecule has 2 rings (SSSR count). The number of nitrogens with one attached hydrogen (secondary N) is 2. The fraction of sp³-hybridized carbons (Fsp3) is 0.294. The molecule has 0 unspecified atom stereocenters. The lowest BCUT2D eigenvalue weighted by Gasteiger charge is -2.07. The van der Waals surface area contributed by atoms with Crippen LogP contribution in [-0.4, -0.2) is 24.1 Å². The van der Waals surface area contributed by atoms with E-state index in [9.17, 15) is 4.79 Å². The number of amides is 2. The Bertz CT molecular complexity index is 528. The number of benzene rings is 1. The summed E-state index contributed by atoms with van der Waals surface area (Å²) in [5, 5.41) is 5.71. The minimum Gasteiger partial charge on any atom is -0.338 e. The first kappa shape index (κ1) is 15.0. The third-order valence-corrected chi connectivity index (χ3v) is 3.16. The van der Waals surface area contributed by atoms with Gasteiger partial charge < -0.3 is 10.6 Å². The van der Waals surface area contributed by atoms with E-state index in [2.05, 4.69) is 27.8 Å². The van der Waals surface area contributed by atoms with Crippen molar-refractivity contribution in [3.8, 4) is 0 Å². The second kappa shape index (κ2) is 8.74. The molecule has 1 heterocycles. The Morgan fingerprint density at radius 1 is 0.905 bits per heavy atom. The predicted molar refractivity (Wildman–Crippen MR) is 84.1 cm³/mol. The van der Waals surface area contributed by atoms with Crippen LogP contribution in [0.1, 0.15) is 17.7 Å². The van der Waals surface area contributed by atoms with Gasteiger partial charge in [0.15, 0.2) is 0 Å². The summed E-state index contributed by atoms with van der Waals surface area (Å²) < 4.78 is 0. The third-order valence-electron chi connectivity index (χ3n) is 3.16. The van der Waals surface area contributed by atoms with E-state index in [0.717, 1.165) is 25.0 Å². The molecule has 0 saturated carbocycles. The predicted octanol–water partition coefficient (Wildman–Crippen LogP) is 2.56. The molecule has 4 nitrogen and oxygen atoms in total. The molecule has 0 bridgehead atoms. The van der Waals surface area contributed by atoms with Crippen LogP contribution in [-0.2, 0) is 12.8 Å². The molecule has 21 heavy (non-hydrogen) atoms. The van der Waals surface area contributed by atoms with Crippen LogP contribution in [0.25, 0.3) is 0 Å². The highest BCUT2D eigenvalue weighted by molar-refractivity contribution is 5.73. The summed E-state index contributed by atoms with van der Waals surface area (Å²) in [5.74, 6) is 0. The average molecular weight is 283 g/mol. The molecule has 0 spiro atoms. The summed E-state index contributed by atoms with van der Waals surface area (Å²) in [6.07, 6.45) is 4.43. The summed E-state index contributed by atoms with van der Waals surface area (Å²) >= 11 is 0. The van der Waals surface area contributed by atoms with Crippen LogP contribution in [0.5, 0.6) is 0 Å². The molecular formula is C17H21N3O. The molecule has 0 radical (unpaired) electrons. The van der Waals surface area contributed by atoms with Crippen molar-refractivity contribution >= 4 is 6.03 Å². The fourth-order valence-electron chi connectivity index (χ4n) is 2.05. The van der Waals surface area contributed by atoms with Crippen molar-refractivity contribution in [1.82, 2.24) is 15.6 Å². The maximum atomic E-state index is 11.6. The molecule has 1 aromatic heterocycles. The van der Waals surface area contributed by atoms with Crippen LogP contribution in [0.2, 0.25) is 0 Å². The molecule has 0 fully saturated rings. The monoisotopic (exact) mass is 283 g/mol. The highest BCUT2D eigenvalue weighted by Crippen LogP contribution is 2.01. The number of aryl methyl sites for hydroxylation is 1. The van der Waals surface area contributed by atoms with Gasteiger partial charge in [0.25, 0.3) is 0 Å². The van der Waals surface area contributed by atoms with E-state index in [-0.39, 0.29) is 6.03 Å². The number of hydrogen-bond acceptors (Lipinski definition) is 2. The van der Waals surface area contributed by atoms with Crippen molar-refractivity contribution in [2.75, 3.05) is 13.1 Å². The zero-order chi connectivity index (χ0) is 14.8. The molecular weight excluding hydrogens is 262 g/mol. The van der Waals surface area contributed by atoms with Crippen LogP contribution in [0.3, 0.4) is 0 Å². The van der Waals surface area contributed by atoms with Crippen molar-refractivity contribution < 1.29 is 4.79 Å². The van der Waals surface area contributed by atoms with E-state index >= 15 is 0 Å². The average Bonchev–Trinajstić information content (AvgIpc) is 2.54. The number of urea groups is 1. The molecule has 110 valence electrons. The van der Waals surface area contributed by atoms with Gasteiger partial charge in [0, 0.05) is 31.4 Å². The Morgan fingerprint density at radius 2 is 1.67 bits per heavy atom. The van der Waals surface area contributed by atoms with Gasteiger partial charge in [-0.25, -0.2) is 4.79 Å². The zero-order valence-corrected chi connectivity index (χ0v) is 12.1. The molecule has 2 N–H and O–H groups in total. The molecule has 2 amide bonds. The minimum atomic E-state index is -0.112. The molecule has 0 aliphatic rings. The lowest BCUT2D eigenvalue weighted by atomic mass is 10.1. The summed E-state index contributed by atoms with van der Waals surface area (Å²) in [6, 6.07) is 16.0. The summed E-state index contributed by atoms with van der Waals surface area (Å²) in [6.45, 7) is 1.28. The van der Waals surface area contributed by atoms with Crippen LogP contribution < -0.4 is 10.6 Å². The Kier molecular flexibility index (Phi) is 6.26. The normalized spacial score (nSPS) is 10.1. The van der Waals surface area contributed by atoms with Crippen LogP contribution in [0.4, 0.5) is 4.79 Å². The van der Waals surface area contributed by atoms with Crippen molar-refractivity contribution in [2.24, 2.45) is 0 Å². The van der Waals surface area contributed by atoms with E-state index in [1.807, 2.05) is 36.4 Å². The van der Waals surface area contributed by atoms with Gasteiger partial charge in [-0.2, -0.15) is 0 Å². The van der Waals surface area contributed by atoms with E-state index in [1.165, 1.54) is 5.56 Å². The highest BCUT2D eigenvalue weighted by Gasteiger charge is 2.00. The Hall–Kier alpha value is -2.36. The van der Waals surface area contributed by atoms with Gasteiger partial charge in [-0.05, 0) is 30.5 Å². The molecule has 1 aromatic carbocycles. The van der Waals surface area contributed by atoms with Gasteiger partial charge in [0.1, 0.15) is 0 Å². The number of hydrogen-bond donors (Lipinski definition) is 2. The van der Waals surface area contributed by atoms with Crippen LogP contribution >= 0.6 is 0 Å². The number of carbonyl (C=O) groups excluding carboxylic acids is 1. The van der Waals surface area contributed by atoms with Gasteiger partial charge in [-0.15, -0.1) is 0 Å². The largest absolute Gasteiger partial charge is 0.338 e. The third kappa shape index (κ3) is 6.08. The van der Waals surface area contributed by atoms with E-state index in [4.69, 9.17) is 0 Å². The SMILES string of the molecule is O=C(NCCCc1ccccc1)NCCc1ccccn1. The van der Waals surface area contributed by atoms with Crippen molar-refractivity contribution in [2.45, 2.75) is 19.3 Å². The quantitative estimate of drug-likeness (QED) is 0.767. The van der Waals surface area contributed by atoms with E-state index < -0.39 is 0 Å². The van der Waals surface area contributed by atoms with Gasteiger partial charge in [0.2, 0.25) is 0 Å². The number of nitrogens with zero attached hydrogens (tertiary/aromatic N) is 1. The lowest BCUT2D eigenvalue weighted by Crippen LogP contribution is -2.37. The zero-order valence-electron chi connectivity index (χ0n) is 12.1. The summed E-state index contributed by atoms with van der Waals surface area (Å²) in [4.78, 5) is 15.8. The maximum Gasteiger partial charge on any atom is 0.314 e. The maximum absolute atomic E-state index is 11.6. The van der Waals surface area contributed by atoms with Crippen LogP contribution in [0, 0.1) is 0 Å². The second-order valence-electron chi connectivity index (χ2n) is 4.84. The molecule has 0 saturated heterocycles.